The third-order valence-corrected chi connectivity index (χ3v) is 8.53. The Balaban J connectivity index is 1.81. The molecule has 4 rings (SSSR count). The molecule has 2 amide bonds. The van der Waals surface area contributed by atoms with Crippen molar-refractivity contribution < 1.29 is 19.5 Å². The van der Waals surface area contributed by atoms with Crippen LogP contribution in [-0.4, -0.2) is 41.9 Å². The van der Waals surface area contributed by atoms with Gasteiger partial charge >= 0.3 is 5.97 Å². The van der Waals surface area contributed by atoms with Crippen molar-refractivity contribution in [2.24, 2.45) is 0 Å². The molecule has 0 heterocycles. The molecule has 0 saturated heterocycles. The molecule has 0 aliphatic heterocycles. The third-order valence-electron chi connectivity index (χ3n) is 6.74. The minimum atomic E-state index is -1.59. The van der Waals surface area contributed by atoms with Gasteiger partial charge in [-0.15, -0.1) is 0 Å². The monoisotopic (exact) mass is 856 g/mol. The van der Waals surface area contributed by atoms with E-state index in [9.17, 15) is 19.5 Å². The van der Waals surface area contributed by atoms with Crippen LogP contribution in [0.5, 0.6) is 0 Å². The van der Waals surface area contributed by atoms with Crippen LogP contribution in [0.2, 0.25) is 10.0 Å². The van der Waals surface area contributed by atoms with Gasteiger partial charge in [0.2, 0.25) is 0 Å². The second-order valence-corrected chi connectivity index (χ2v) is 13.6. The van der Waals surface area contributed by atoms with Crippen LogP contribution < -0.4 is 16.0 Å². The Labute approximate surface area is 292 Å². The average Bonchev–Trinajstić information content (AvgIpc) is 2.95. The van der Waals surface area contributed by atoms with Crippen LogP contribution in [0.3, 0.4) is 0 Å². The number of nitrogens with zero attached hydrogens (tertiary/aromatic N) is 1. The third kappa shape index (κ3) is 7.95. The minimum Gasteiger partial charge on any atom is -0.479 e. The number of carbonyl (C=O) groups is 3. The van der Waals surface area contributed by atoms with Gasteiger partial charge in [-0.3, -0.25) is 9.59 Å². The van der Waals surface area contributed by atoms with Crippen molar-refractivity contribution in [3.63, 3.8) is 0 Å². The molecule has 4 aromatic carbocycles. The molecule has 0 fully saturated rings. The maximum atomic E-state index is 13.8. The van der Waals surface area contributed by atoms with Crippen molar-refractivity contribution >= 4 is 109 Å². The van der Waals surface area contributed by atoms with Gasteiger partial charge in [-0.2, -0.15) is 0 Å². The number of aryl methyl sites for hydroxylation is 2. The lowest BCUT2D eigenvalue weighted by Crippen LogP contribution is -2.35. The summed E-state index contributed by atoms with van der Waals surface area (Å²) in [5.41, 5.74) is 4.30. The number of aliphatic carboxylic acids is 1. The number of hydrogen-bond donors (Lipinski definition) is 4. The predicted molar refractivity (Wildman–Crippen MR) is 193 cm³/mol. The number of carboxylic acids is 1. The van der Waals surface area contributed by atoms with Gasteiger partial charge in [0, 0.05) is 48.2 Å². The van der Waals surface area contributed by atoms with Gasteiger partial charge in [-0.1, -0.05) is 23.2 Å². The number of rotatable bonds is 9. The maximum absolute atomic E-state index is 13.8. The molecule has 1 atom stereocenters. The second-order valence-electron chi connectivity index (χ2n) is 10.2. The number of carbonyl (C=O) groups excluding carboxylic acids is 2. The van der Waals surface area contributed by atoms with Gasteiger partial charge in [0.1, 0.15) is 0 Å². The lowest BCUT2D eigenvalue weighted by molar-refractivity contribution is -0.139. The standard InChI is InChI=1S/C32H28Cl2I2N4O4/c1-16-11-20(35)6-9-25(16)37-27-8-5-18(33)13-22(27)30(41)39-29(32(43)44)23-14-19(34)15-24(31(42)40(3)4)28(23)38-26-10-7-21(36)12-17(26)2/h5-15,29,37-38H,1-4H3,(H,39,41)(H,43,44). The number of amides is 2. The highest BCUT2D eigenvalue weighted by Gasteiger charge is 2.30. The molecule has 228 valence electrons. The number of carboxylic acid groups (broad SMARTS) is 1. The lowest BCUT2D eigenvalue weighted by atomic mass is 9.98. The van der Waals surface area contributed by atoms with E-state index in [1.807, 2.05) is 50.2 Å². The van der Waals surface area contributed by atoms with E-state index in [1.54, 1.807) is 26.2 Å². The topological polar surface area (TPSA) is 111 Å². The van der Waals surface area contributed by atoms with Crippen LogP contribution >= 0.6 is 68.4 Å². The van der Waals surface area contributed by atoms with Gasteiger partial charge in [-0.05, 0) is 137 Å². The zero-order valence-corrected chi connectivity index (χ0v) is 29.9. The van der Waals surface area contributed by atoms with Crippen molar-refractivity contribution in [2.45, 2.75) is 19.9 Å². The Morgan fingerprint density at radius 1 is 0.750 bits per heavy atom. The van der Waals surface area contributed by atoms with Gasteiger partial charge in [0.15, 0.2) is 6.04 Å². The van der Waals surface area contributed by atoms with Crippen molar-refractivity contribution in [3.8, 4) is 0 Å². The Morgan fingerprint density at radius 2 is 1.30 bits per heavy atom. The largest absolute Gasteiger partial charge is 0.479 e. The zero-order chi connectivity index (χ0) is 32.3. The van der Waals surface area contributed by atoms with E-state index in [2.05, 4.69) is 61.1 Å². The summed E-state index contributed by atoms with van der Waals surface area (Å²) in [6.45, 7) is 3.84. The first-order valence-corrected chi connectivity index (χ1v) is 16.1. The molecular formula is C32H28Cl2I2N4O4. The molecule has 1 unspecified atom stereocenters. The van der Waals surface area contributed by atoms with Gasteiger partial charge in [0.05, 0.1) is 22.5 Å². The molecule has 0 radical (unpaired) electrons. The number of anilines is 4. The molecule has 0 spiro atoms. The molecule has 12 heteroatoms. The van der Waals surface area contributed by atoms with Crippen molar-refractivity contribution in [1.82, 2.24) is 10.2 Å². The number of halogens is 4. The summed E-state index contributed by atoms with van der Waals surface area (Å²) in [7, 11) is 3.17. The predicted octanol–water partition coefficient (Wildman–Crippen LogP) is 8.56. The molecule has 0 aliphatic carbocycles. The fourth-order valence-electron chi connectivity index (χ4n) is 4.51. The molecule has 4 aromatic rings. The number of nitrogens with one attached hydrogen (secondary N) is 3. The first-order valence-electron chi connectivity index (χ1n) is 13.2. The Kier molecular flexibility index (Phi) is 11.0. The highest BCUT2D eigenvalue weighted by atomic mass is 127. The van der Waals surface area contributed by atoms with Crippen LogP contribution in [0.1, 0.15) is 43.4 Å². The Hall–Kier alpha value is -3.07. The SMILES string of the molecule is Cc1cc(I)ccc1Nc1ccc(Cl)cc1C(=O)NC(C(=O)O)c1cc(Cl)cc(C(=O)N(C)C)c1Nc1ccc(I)cc1C. The van der Waals surface area contributed by atoms with E-state index >= 15 is 0 Å². The summed E-state index contributed by atoms with van der Waals surface area (Å²) in [5.74, 6) is -2.44. The average molecular weight is 857 g/mol. The van der Waals surface area contributed by atoms with Crippen LogP contribution in [0.25, 0.3) is 0 Å². The summed E-state index contributed by atoms with van der Waals surface area (Å²) in [4.78, 5) is 41.3. The maximum Gasteiger partial charge on any atom is 0.331 e. The normalized spacial score (nSPS) is 11.5. The van der Waals surface area contributed by atoms with Crippen molar-refractivity contribution in [2.75, 3.05) is 24.7 Å². The van der Waals surface area contributed by atoms with E-state index in [0.717, 1.165) is 24.0 Å². The van der Waals surface area contributed by atoms with Gasteiger partial charge in [0.25, 0.3) is 11.8 Å². The molecule has 0 aliphatic rings. The first-order chi connectivity index (χ1) is 20.7. The number of benzene rings is 4. The fourth-order valence-corrected chi connectivity index (χ4v) is 6.21. The molecular weight excluding hydrogens is 829 g/mol. The molecule has 44 heavy (non-hydrogen) atoms. The minimum absolute atomic E-state index is 0.103. The highest BCUT2D eigenvalue weighted by Crippen LogP contribution is 2.36. The van der Waals surface area contributed by atoms with Gasteiger partial charge < -0.3 is 26.0 Å². The second kappa shape index (κ2) is 14.4. The first kappa shape index (κ1) is 33.8. The Bertz CT molecular complexity index is 1780. The zero-order valence-electron chi connectivity index (χ0n) is 24.1. The molecule has 0 saturated carbocycles. The van der Waals surface area contributed by atoms with E-state index in [0.29, 0.717) is 16.4 Å². The van der Waals surface area contributed by atoms with E-state index in [-0.39, 0.29) is 27.4 Å². The van der Waals surface area contributed by atoms with Crippen LogP contribution in [-0.2, 0) is 4.79 Å². The smallest absolute Gasteiger partial charge is 0.331 e. The van der Waals surface area contributed by atoms with Crippen LogP contribution in [0.4, 0.5) is 22.7 Å². The summed E-state index contributed by atoms with van der Waals surface area (Å²) in [5, 5.41) is 20.0. The van der Waals surface area contributed by atoms with Crippen molar-refractivity contribution in [1.29, 1.82) is 0 Å². The van der Waals surface area contributed by atoms with Crippen molar-refractivity contribution in [3.05, 3.63) is 112 Å². The molecule has 4 N–H and O–H groups in total. The Morgan fingerprint density at radius 3 is 1.84 bits per heavy atom. The van der Waals surface area contributed by atoms with E-state index in [1.165, 1.54) is 23.1 Å². The van der Waals surface area contributed by atoms with Crippen LogP contribution in [0, 0.1) is 21.0 Å². The summed E-state index contributed by atoms with van der Waals surface area (Å²) in [6.07, 6.45) is 0. The fraction of sp³-hybridized carbons (Fsp3) is 0.156. The van der Waals surface area contributed by atoms with Crippen LogP contribution in [0.15, 0.2) is 66.7 Å². The highest BCUT2D eigenvalue weighted by molar-refractivity contribution is 14.1. The molecule has 0 bridgehead atoms. The number of hydrogen-bond acceptors (Lipinski definition) is 5. The summed E-state index contributed by atoms with van der Waals surface area (Å²) >= 11 is 17.2. The lowest BCUT2D eigenvalue weighted by Gasteiger charge is -2.24. The summed E-state index contributed by atoms with van der Waals surface area (Å²) in [6, 6.07) is 17.6. The van der Waals surface area contributed by atoms with E-state index < -0.39 is 23.8 Å². The molecule has 8 nitrogen and oxygen atoms in total. The molecule has 0 aromatic heterocycles. The van der Waals surface area contributed by atoms with E-state index in [4.69, 9.17) is 23.2 Å². The quantitative estimate of drug-likeness (QED) is 0.126. The summed E-state index contributed by atoms with van der Waals surface area (Å²) < 4.78 is 2.07. The van der Waals surface area contributed by atoms with Gasteiger partial charge in [-0.25, -0.2) is 4.79 Å².